The number of rotatable bonds is 5. The summed E-state index contributed by atoms with van der Waals surface area (Å²) in [5.74, 6) is 0.735. The smallest absolute Gasteiger partial charge is 0.355 e. The molecule has 1 aliphatic heterocycles. The van der Waals surface area contributed by atoms with E-state index in [1.165, 1.54) is 7.11 Å². The summed E-state index contributed by atoms with van der Waals surface area (Å²) < 4.78 is 16.1. The van der Waals surface area contributed by atoms with Crippen LogP contribution in [0.3, 0.4) is 0 Å². The normalized spacial score (nSPS) is 17.5. The molecule has 0 aromatic carbocycles. The summed E-state index contributed by atoms with van der Waals surface area (Å²) in [5.41, 5.74) is 1.96. The van der Waals surface area contributed by atoms with Crippen LogP contribution in [0.15, 0.2) is 18.1 Å². The molecule has 0 unspecified atom stereocenters. The lowest BCUT2D eigenvalue weighted by Crippen LogP contribution is -2.24. The Balaban J connectivity index is 2.46. The molecule has 1 N–H and O–H groups in total. The van der Waals surface area contributed by atoms with E-state index in [1.807, 2.05) is 33.8 Å². The molecule has 2 rings (SSSR count). The molecule has 0 atom stereocenters. The summed E-state index contributed by atoms with van der Waals surface area (Å²) in [7, 11) is 1.35. The summed E-state index contributed by atoms with van der Waals surface area (Å²) in [4.78, 5) is 27.5. The molecule has 0 radical (unpaired) electrons. The fourth-order valence-electron chi connectivity index (χ4n) is 3.21. The Labute approximate surface area is 166 Å². The fraction of sp³-hybridized carbons (Fsp3) is 0.545. The van der Waals surface area contributed by atoms with E-state index in [0.717, 1.165) is 34.8 Å². The van der Waals surface area contributed by atoms with Gasteiger partial charge in [-0.25, -0.2) is 4.79 Å². The molecule has 0 saturated carbocycles. The lowest BCUT2D eigenvalue weighted by atomic mass is 9.88. The largest absolute Gasteiger partial charge is 0.469 e. The van der Waals surface area contributed by atoms with Gasteiger partial charge in [0.25, 0.3) is 0 Å². The van der Waals surface area contributed by atoms with E-state index in [2.05, 4.69) is 25.4 Å². The van der Waals surface area contributed by atoms with Gasteiger partial charge in [-0.3, -0.25) is 4.79 Å². The highest BCUT2D eigenvalue weighted by atomic mass is 16.6. The molecule has 6 nitrogen and oxygen atoms in total. The molecule has 0 amide bonds. The highest BCUT2D eigenvalue weighted by molar-refractivity contribution is 5.91. The molecule has 1 saturated heterocycles. The summed E-state index contributed by atoms with van der Waals surface area (Å²) in [6.07, 6.45) is 3.21. The average Bonchev–Trinajstić information content (AvgIpc) is 2.99. The summed E-state index contributed by atoms with van der Waals surface area (Å²) in [5, 5.41) is 0. The topological polar surface area (TPSA) is 77.6 Å². The number of aromatic nitrogens is 1. The van der Waals surface area contributed by atoms with Crippen LogP contribution in [0.25, 0.3) is 6.08 Å². The number of aromatic amines is 1. The first-order valence-electron chi connectivity index (χ1n) is 9.43. The molecule has 0 aliphatic carbocycles. The summed E-state index contributed by atoms with van der Waals surface area (Å²) >= 11 is 0. The lowest BCUT2D eigenvalue weighted by molar-refractivity contribution is -0.140. The molecule has 1 aromatic rings. The van der Waals surface area contributed by atoms with Gasteiger partial charge in [0, 0.05) is 30.0 Å². The van der Waals surface area contributed by atoms with Crippen molar-refractivity contribution in [1.82, 2.24) is 4.98 Å². The van der Waals surface area contributed by atoms with Gasteiger partial charge >= 0.3 is 11.9 Å². The Bertz CT molecular complexity index is 821. The molecule has 0 bridgehead atoms. The van der Waals surface area contributed by atoms with Crippen LogP contribution in [-0.2, 0) is 25.4 Å². The van der Waals surface area contributed by atoms with Crippen molar-refractivity contribution in [1.29, 1.82) is 0 Å². The van der Waals surface area contributed by atoms with Gasteiger partial charge < -0.3 is 19.2 Å². The first-order valence-corrected chi connectivity index (χ1v) is 9.43. The summed E-state index contributed by atoms with van der Waals surface area (Å²) in [6, 6.07) is 0. The van der Waals surface area contributed by atoms with Gasteiger partial charge in [0.1, 0.15) is 17.1 Å². The Morgan fingerprint density at radius 1 is 1.32 bits per heavy atom. The van der Waals surface area contributed by atoms with E-state index in [1.54, 1.807) is 0 Å². The number of ether oxygens (including phenoxy) is 3. The second-order valence-electron chi connectivity index (χ2n) is 8.81. The minimum atomic E-state index is -0.622. The number of hydrogen-bond donors (Lipinski definition) is 1. The second-order valence-corrected chi connectivity index (χ2v) is 8.81. The molecule has 28 heavy (non-hydrogen) atoms. The van der Waals surface area contributed by atoms with E-state index in [9.17, 15) is 9.59 Å². The Kier molecular flexibility index (Phi) is 6.12. The zero-order valence-corrected chi connectivity index (χ0v) is 17.9. The van der Waals surface area contributed by atoms with Gasteiger partial charge in [-0.1, -0.05) is 20.4 Å². The minimum absolute atomic E-state index is 0.174. The lowest BCUT2D eigenvalue weighted by Gasteiger charge is -2.19. The monoisotopic (exact) mass is 389 g/mol. The van der Waals surface area contributed by atoms with Crippen molar-refractivity contribution in [2.45, 2.75) is 66.4 Å². The maximum atomic E-state index is 12.7. The van der Waals surface area contributed by atoms with E-state index in [4.69, 9.17) is 14.2 Å². The first kappa shape index (κ1) is 21.8. The molecule has 6 heteroatoms. The average molecular weight is 389 g/mol. The van der Waals surface area contributed by atoms with Gasteiger partial charge in [0.05, 0.1) is 12.9 Å². The molecule has 0 spiro atoms. The molecule has 1 fully saturated rings. The molecule has 1 aromatic heterocycles. The molecular weight excluding hydrogens is 358 g/mol. The number of hydrogen-bond acceptors (Lipinski definition) is 5. The first-order chi connectivity index (χ1) is 12.8. The van der Waals surface area contributed by atoms with E-state index in [-0.39, 0.29) is 17.8 Å². The predicted molar refractivity (Wildman–Crippen MR) is 108 cm³/mol. The second kappa shape index (κ2) is 7.86. The van der Waals surface area contributed by atoms with Crippen molar-refractivity contribution in [2.75, 3.05) is 7.11 Å². The van der Waals surface area contributed by atoms with Gasteiger partial charge in [-0.05, 0) is 45.2 Å². The van der Waals surface area contributed by atoms with E-state index in [0.29, 0.717) is 12.1 Å². The highest BCUT2D eigenvalue weighted by Gasteiger charge is 2.34. The maximum absolute atomic E-state index is 12.7. The van der Waals surface area contributed by atoms with Crippen LogP contribution in [-0.4, -0.2) is 29.6 Å². The molecular formula is C22H31NO5. The van der Waals surface area contributed by atoms with Gasteiger partial charge in [-0.2, -0.15) is 0 Å². The van der Waals surface area contributed by atoms with Crippen molar-refractivity contribution < 1.29 is 23.8 Å². The fourth-order valence-corrected chi connectivity index (χ4v) is 3.21. The van der Waals surface area contributed by atoms with Crippen molar-refractivity contribution in [2.24, 2.45) is 5.41 Å². The maximum Gasteiger partial charge on any atom is 0.355 e. The van der Waals surface area contributed by atoms with Crippen LogP contribution >= 0.6 is 0 Å². The Morgan fingerprint density at radius 3 is 2.46 bits per heavy atom. The number of carbonyl (C=O) groups excluding carboxylic acids is 2. The quantitative estimate of drug-likeness (QED) is 0.740. The standard InChI is InChI=1S/C22H31NO5/c1-13-12-22(6,7)17(27-13)11-16-14(2)15(9-10-18(24)26-8)19(23-16)20(25)28-21(3,4)5/h11,23H,1,9-10,12H2,2-8H3/b17-11+. The number of H-pyrrole nitrogens is 1. The third-order valence-electron chi connectivity index (χ3n) is 4.66. The number of methoxy groups -OCH3 is 1. The SMILES string of the molecule is C=C1CC(C)(C)/C(=C\c2[nH]c(C(=O)OC(C)(C)C)c(CCC(=O)OC)c2C)O1. The number of carbonyl (C=O) groups is 2. The van der Waals surface area contributed by atoms with E-state index >= 15 is 0 Å². The number of esters is 2. The van der Waals surface area contributed by atoms with Gasteiger partial charge in [-0.15, -0.1) is 0 Å². The van der Waals surface area contributed by atoms with Crippen molar-refractivity contribution in [3.8, 4) is 0 Å². The van der Waals surface area contributed by atoms with Gasteiger partial charge in [0.2, 0.25) is 0 Å². The molecule has 154 valence electrons. The van der Waals surface area contributed by atoms with E-state index < -0.39 is 11.6 Å². The van der Waals surface area contributed by atoms with Crippen LogP contribution in [0, 0.1) is 12.3 Å². The number of nitrogens with one attached hydrogen (secondary N) is 1. The van der Waals surface area contributed by atoms with Crippen LogP contribution in [0.4, 0.5) is 0 Å². The van der Waals surface area contributed by atoms with Crippen molar-refractivity contribution in [3.05, 3.63) is 40.6 Å². The zero-order valence-electron chi connectivity index (χ0n) is 17.9. The summed E-state index contributed by atoms with van der Waals surface area (Å²) in [6.45, 7) is 15.5. The van der Waals surface area contributed by atoms with Crippen LogP contribution in [0.2, 0.25) is 0 Å². The Hall–Kier alpha value is -2.50. The van der Waals surface area contributed by atoms with Crippen molar-refractivity contribution >= 4 is 18.0 Å². The van der Waals surface area contributed by atoms with Crippen LogP contribution in [0.1, 0.15) is 74.8 Å². The number of allylic oxidation sites excluding steroid dienone is 2. The zero-order chi connectivity index (χ0) is 21.3. The third kappa shape index (κ3) is 5.06. The molecule has 2 heterocycles. The Morgan fingerprint density at radius 2 is 1.96 bits per heavy atom. The molecule has 1 aliphatic rings. The highest BCUT2D eigenvalue weighted by Crippen LogP contribution is 2.43. The minimum Gasteiger partial charge on any atom is -0.469 e. The van der Waals surface area contributed by atoms with Gasteiger partial charge in [0.15, 0.2) is 0 Å². The third-order valence-corrected chi connectivity index (χ3v) is 4.66. The van der Waals surface area contributed by atoms with Crippen LogP contribution < -0.4 is 0 Å². The predicted octanol–water partition coefficient (Wildman–Crippen LogP) is 4.69. The van der Waals surface area contributed by atoms with Crippen LogP contribution in [0.5, 0.6) is 0 Å². The van der Waals surface area contributed by atoms with Crippen molar-refractivity contribution in [3.63, 3.8) is 0 Å².